The molecule has 2 fully saturated rings. The molecule has 0 atom stereocenters. The van der Waals surface area contributed by atoms with Crippen LogP contribution in [0.5, 0.6) is 0 Å². The van der Waals surface area contributed by atoms with Crippen molar-refractivity contribution in [1.29, 1.82) is 0 Å². The molecule has 0 radical (unpaired) electrons. The van der Waals surface area contributed by atoms with E-state index in [0.29, 0.717) is 0 Å². The van der Waals surface area contributed by atoms with Gasteiger partial charge in [0.05, 0.1) is 0 Å². The summed E-state index contributed by atoms with van der Waals surface area (Å²) >= 11 is 1.79. The minimum Gasteiger partial charge on any atom is -1.00 e. The van der Waals surface area contributed by atoms with Crippen LogP contribution in [0.25, 0.3) is 65.3 Å². The maximum atomic E-state index is 2.46. The molecule has 308 valence electrons. The van der Waals surface area contributed by atoms with Crippen molar-refractivity contribution in [1.82, 2.24) is 0 Å². The van der Waals surface area contributed by atoms with Crippen LogP contribution in [0.1, 0.15) is 88.7 Å². The van der Waals surface area contributed by atoms with Crippen LogP contribution in [0.4, 0.5) is 0 Å². The smallest absolute Gasteiger partial charge is 0.0114 e. The summed E-state index contributed by atoms with van der Waals surface area (Å²) in [6.45, 7) is 4.66. The maximum Gasteiger partial charge on any atom is -0.0114 e. The predicted octanol–water partition coefficient (Wildman–Crippen LogP) is 10.6. The normalized spacial score (nSPS) is 14.5. The second kappa shape index (κ2) is 22.7. The van der Waals surface area contributed by atoms with Gasteiger partial charge in [-0.1, -0.05) is 172 Å². The predicted molar refractivity (Wildman–Crippen MR) is 252 cm³/mol. The van der Waals surface area contributed by atoms with E-state index < -0.39 is 0 Å². The molecule has 2 saturated carbocycles. The summed E-state index contributed by atoms with van der Waals surface area (Å²) in [5, 5.41) is 10.9. The van der Waals surface area contributed by atoms with Crippen LogP contribution in [-0.4, -0.2) is 5.43 Å². The van der Waals surface area contributed by atoms with E-state index in [-0.39, 0.29) is 30.2 Å². The van der Waals surface area contributed by atoms with Crippen LogP contribution in [0.2, 0.25) is 12.6 Å². The average Bonchev–Trinajstić information content (AvgIpc) is 3.88. The van der Waals surface area contributed by atoms with Crippen LogP contribution >= 0.6 is 0 Å². The van der Waals surface area contributed by atoms with Gasteiger partial charge in [-0.2, -0.15) is 12.1 Å². The Balaban J connectivity index is 0.000000172. The molecule has 4 heteroatoms. The minimum absolute atomic E-state index is 0. The molecule has 0 spiro atoms. The Morgan fingerprint density at radius 3 is 1.23 bits per heavy atom. The molecule has 60 heavy (non-hydrogen) atoms. The standard InChI is InChI=1S/2C26H25.C4H10Si.2ClH.Zr/c2*1-2-8-19(9-3-1)16-20-17-22-12-7-15-25(26(22)18-20)24-14-6-11-21-10-4-5-13-23(21)24;1-3-4-5-2;;;/h2*4-7,10-15,17-19H,1-3,8-9,16H2;3-4H2,1-2H3;2*1H;/q2*-1;;;;+2/p-2. The third-order valence-electron chi connectivity index (χ3n) is 12.9. The van der Waals surface area contributed by atoms with Crippen LogP contribution in [0.15, 0.2) is 146 Å². The average molecular weight is 923 g/mol. The van der Waals surface area contributed by atoms with E-state index in [1.54, 1.807) is 23.3 Å². The van der Waals surface area contributed by atoms with E-state index >= 15 is 0 Å². The molecular weight excluding hydrogens is 863 g/mol. The fourth-order valence-corrected chi connectivity index (χ4v) is 12.6. The Hall–Kier alpha value is -3.26. The molecule has 8 aromatic carbocycles. The van der Waals surface area contributed by atoms with Crippen LogP contribution in [0.3, 0.4) is 0 Å². The molecule has 0 amide bonds. The van der Waals surface area contributed by atoms with Crippen molar-refractivity contribution >= 4 is 48.5 Å². The number of hydrogen-bond donors (Lipinski definition) is 0. The van der Waals surface area contributed by atoms with Crippen LogP contribution < -0.4 is 24.8 Å². The Bertz CT molecular complexity index is 2420. The Kier molecular flexibility index (Phi) is 17.5. The van der Waals surface area contributed by atoms with E-state index in [1.807, 2.05) is 0 Å². The second-order valence-corrected chi connectivity index (χ2v) is 25.7. The summed E-state index contributed by atoms with van der Waals surface area (Å²) in [5.41, 5.74) is 8.70. The summed E-state index contributed by atoms with van der Waals surface area (Å²) < 4.78 is 0. The second-order valence-electron chi connectivity index (χ2n) is 17.3. The summed E-state index contributed by atoms with van der Waals surface area (Å²) in [6.07, 6.45) is 18.1. The Morgan fingerprint density at radius 2 is 0.850 bits per heavy atom. The van der Waals surface area contributed by atoms with E-state index in [4.69, 9.17) is 0 Å². The van der Waals surface area contributed by atoms with Gasteiger partial charge >= 0.3 is 54.7 Å². The molecule has 0 nitrogen and oxygen atoms in total. The van der Waals surface area contributed by atoms with Crippen molar-refractivity contribution in [3.63, 3.8) is 0 Å². The SMILES string of the molecule is CCC[Si](C)=[Zr+2].[Cl-].[Cl-].c1ccc2c(-c3cccc4[cH-]c(CC5CCCCC5)cc34)cccc2c1.c1ccc2c(-c3cccc4[cH-]c(CC5CCCCC5)cc34)cccc2c1. The van der Waals surface area contributed by atoms with Crippen molar-refractivity contribution in [2.24, 2.45) is 11.8 Å². The van der Waals surface area contributed by atoms with Gasteiger partial charge in [-0.05, 0) is 57.3 Å². The monoisotopic (exact) mass is 920 g/mol. The molecule has 0 bridgehead atoms. The number of hydrogen-bond acceptors (Lipinski definition) is 0. The summed E-state index contributed by atoms with van der Waals surface area (Å²) in [6, 6.07) is 55.6. The van der Waals surface area contributed by atoms with Gasteiger partial charge in [0.2, 0.25) is 0 Å². The molecule has 0 aliphatic heterocycles. The molecule has 10 rings (SSSR count). The molecule has 8 aromatic rings. The van der Waals surface area contributed by atoms with Gasteiger partial charge in [0.1, 0.15) is 0 Å². The van der Waals surface area contributed by atoms with Crippen molar-refractivity contribution in [3.8, 4) is 22.3 Å². The van der Waals surface area contributed by atoms with Gasteiger partial charge in [-0.15, -0.1) is 69.1 Å². The molecular formula is C56H60Cl2SiZr-2. The van der Waals surface area contributed by atoms with Crippen molar-refractivity contribution in [2.45, 2.75) is 103 Å². The summed E-state index contributed by atoms with van der Waals surface area (Å²) in [5.74, 6) is 1.78. The third kappa shape index (κ3) is 11.4. The van der Waals surface area contributed by atoms with E-state index in [2.05, 4.69) is 159 Å². The first-order chi connectivity index (χ1) is 28.5. The number of rotatable bonds is 8. The fourth-order valence-electron chi connectivity index (χ4n) is 10.0. The molecule has 2 aliphatic carbocycles. The van der Waals surface area contributed by atoms with Crippen LogP contribution in [0, 0.1) is 11.8 Å². The molecule has 0 aromatic heterocycles. The Labute approximate surface area is 387 Å². The minimum atomic E-state index is 0. The van der Waals surface area contributed by atoms with Gasteiger partial charge < -0.3 is 24.8 Å². The van der Waals surface area contributed by atoms with Crippen molar-refractivity contribution in [2.75, 3.05) is 0 Å². The quantitative estimate of drug-likeness (QED) is 0.105. The molecule has 0 saturated heterocycles. The topological polar surface area (TPSA) is 0 Å². The van der Waals surface area contributed by atoms with Gasteiger partial charge in [0, 0.05) is 0 Å². The van der Waals surface area contributed by atoms with Crippen molar-refractivity contribution < 1.29 is 48.1 Å². The van der Waals surface area contributed by atoms with E-state index in [1.165, 1.54) is 166 Å². The van der Waals surface area contributed by atoms with Crippen molar-refractivity contribution in [3.05, 3.63) is 157 Å². The maximum absolute atomic E-state index is 2.46. The largest absolute Gasteiger partial charge is 1.00 e. The first-order valence-electron chi connectivity index (χ1n) is 22.4. The fraction of sp³-hybridized carbons (Fsp3) is 0.321. The number of halogens is 2. The number of fused-ring (bicyclic) bond motifs is 4. The summed E-state index contributed by atoms with van der Waals surface area (Å²) in [7, 11) is 0. The molecule has 0 heterocycles. The Morgan fingerprint density at radius 1 is 0.483 bits per heavy atom. The zero-order valence-electron chi connectivity index (χ0n) is 35.7. The third-order valence-corrected chi connectivity index (χ3v) is 16.0. The number of benzene rings is 6. The summed E-state index contributed by atoms with van der Waals surface area (Å²) in [4.78, 5) is 0. The van der Waals surface area contributed by atoms with Gasteiger partial charge in [-0.3, -0.25) is 0 Å². The van der Waals surface area contributed by atoms with Gasteiger partial charge in [-0.25, -0.2) is 0 Å². The molecule has 0 unspecified atom stereocenters. The van der Waals surface area contributed by atoms with Crippen LogP contribution in [-0.2, 0) is 36.2 Å². The van der Waals surface area contributed by atoms with E-state index in [9.17, 15) is 0 Å². The van der Waals surface area contributed by atoms with Gasteiger partial charge in [0.15, 0.2) is 0 Å². The first kappa shape index (κ1) is 46.2. The zero-order chi connectivity index (χ0) is 39.7. The zero-order valence-corrected chi connectivity index (χ0v) is 40.6. The van der Waals surface area contributed by atoms with E-state index in [0.717, 1.165) is 11.8 Å². The molecule has 0 N–H and O–H groups in total. The van der Waals surface area contributed by atoms with Gasteiger partial charge in [0.25, 0.3) is 0 Å². The molecule has 2 aliphatic rings. The first-order valence-corrected chi connectivity index (χ1v) is 28.3.